The Morgan fingerprint density at radius 1 is 1.15 bits per heavy atom. The standard InChI is InChI=1S/C14H11F3O2S/c15-14(16,17)13-3-1-12(2-4-13)10-20(18)8-6-11-5-7-19-9-11/h1-9H,10H2. The minimum absolute atomic E-state index is 0.173. The Morgan fingerprint density at radius 2 is 1.85 bits per heavy atom. The average molecular weight is 300 g/mol. The molecule has 0 aliphatic carbocycles. The number of halogens is 3. The van der Waals surface area contributed by atoms with E-state index in [1.807, 2.05) is 0 Å². The van der Waals surface area contributed by atoms with Crippen LogP contribution in [0.1, 0.15) is 16.7 Å². The number of rotatable bonds is 4. The van der Waals surface area contributed by atoms with Gasteiger partial charge >= 0.3 is 6.18 Å². The lowest BCUT2D eigenvalue weighted by Crippen LogP contribution is -2.04. The molecule has 1 aromatic heterocycles. The minimum atomic E-state index is -4.35. The van der Waals surface area contributed by atoms with E-state index in [9.17, 15) is 17.4 Å². The molecule has 1 heterocycles. The fourth-order valence-electron chi connectivity index (χ4n) is 1.53. The highest BCUT2D eigenvalue weighted by Gasteiger charge is 2.29. The predicted molar refractivity (Wildman–Crippen MR) is 71.0 cm³/mol. The smallest absolute Gasteiger partial charge is 0.416 e. The van der Waals surface area contributed by atoms with Crippen molar-refractivity contribution >= 4 is 16.9 Å². The zero-order valence-electron chi connectivity index (χ0n) is 10.3. The van der Waals surface area contributed by atoms with Crippen LogP contribution in [-0.4, -0.2) is 4.21 Å². The maximum atomic E-state index is 12.4. The first-order valence-electron chi connectivity index (χ1n) is 5.69. The zero-order chi connectivity index (χ0) is 14.6. The maximum absolute atomic E-state index is 12.4. The van der Waals surface area contributed by atoms with Gasteiger partial charge in [-0.05, 0) is 29.8 Å². The van der Waals surface area contributed by atoms with Gasteiger partial charge in [0.05, 0.1) is 34.6 Å². The average Bonchev–Trinajstić information content (AvgIpc) is 2.89. The first kappa shape index (κ1) is 14.6. The second kappa shape index (κ2) is 6.09. The molecule has 0 spiro atoms. The third-order valence-corrected chi connectivity index (χ3v) is 3.60. The Hall–Kier alpha value is -1.82. The van der Waals surface area contributed by atoms with Gasteiger partial charge in [-0.2, -0.15) is 13.2 Å². The third-order valence-electron chi connectivity index (χ3n) is 2.55. The topological polar surface area (TPSA) is 30.2 Å². The molecule has 0 N–H and O–H groups in total. The molecule has 2 nitrogen and oxygen atoms in total. The van der Waals surface area contributed by atoms with Crippen molar-refractivity contribution < 1.29 is 21.8 Å². The monoisotopic (exact) mass is 300 g/mol. The van der Waals surface area contributed by atoms with Crippen LogP contribution in [0.4, 0.5) is 13.2 Å². The number of alkyl halides is 3. The van der Waals surface area contributed by atoms with Crippen molar-refractivity contribution in [3.05, 3.63) is 65.0 Å². The minimum Gasteiger partial charge on any atom is -0.472 e. The molecule has 106 valence electrons. The summed E-state index contributed by atoms with van der Waals surface area (Å²) in [5.41, 5.74) is 0.667. The molecule has 1 unspecified atom stereocenters. The van der Waals surface area contributed by atoms with Gasteiger partial charge < -0.3 is 4.42 Å². The Bertz CT molecular complexity index is 598. The second-order valence-electron chi connectivity index (χ2n) is 4.08. The van der Waals surface area contributed by atoms with Gasteiger partial charge in [-0.15, -0.1) is 0 Å². The van der Waals surface area contributed by atoms with E-state index in [2.05, 4.69) is 0 Å². The lowest BCUT2D eigenvalue weighted by molar-refractivity contribution is -0.137. The van der Waals surface area contributed by atoms with E-state index in [0.717, 1.165) is 17.7 Å². The van der Waals surface area contributed by atoms with Gasteiger partial charge in [0.2, 0.25) is 0 Å². The Morgan fingerprint density at radius 3 is 2.40 bits per heavy atom. The molecule has 0 aliphatic rings. The molecule has 0 radical (unpaired) electrons. The van der Waals surface area contributed by atoms with Crippen LogP contribution in [0.2, 0.25) is 0 Å². The van der Waals surface area contributed by atoms with Crippen LogP contribution < -0.4 is 0 Å². The summed E-state index contributed by atoms with van der Waals surface area (Å²) < 4.78 is 53.8. The summed E-state index contributed by atoms with van der Waals surface area (Å²) in [5, 5.41) is 1.49. The van der Waals surface area contributed by atoms with Crippen LogP contribution in [0.15, 0.2) is 52.7 Å². The maximum Gasteiger partial charge on any atom is 0.416 e. The van der Waals surface area contributed by atoms with E-state index in [1.54, 1.807) is 12.1 Å². The molecular weight excluding hydrogens is 289 g/mol. The largest absolute Gasteiger partial charge is 0.472 e. The summed E-state index contributed by atoms with van der Waals surface area (Å²) in [7, 11) is -1.29. The fraction of sp³-hybridized carbons (Fsp3) is 0.143. The molecule has 0 saturated heterocycles. The van der Waals surface area contributed by atoms with Gasteiger partial charge in [0.1, 0.15) is 0 Å². The Balaban J connectivity index is 1.98. The quantitative estimate of drug-likeness (QED) is 0.846. The van der Waals surface area contributed by atoms with Crippen LogP contribution in [0.3, 0.4) is 0 Å². The summed E-state index contributed by atoms with van der Waals surface area (Å²) in [4.78, 5) is 0. The molecule has 0 bridgehead atoms. The van der Waals surface area contributed by atoms with Gasteiger partial charge in [0, 0.05) is 11.0 Å². The van der Waals surface area contributed by atoms with Crippen molar-refractivity contribution in [1.29, 1.82) is 0 Å². The molecule has 1 aromatic carbocycles. The summed E-state index contributed by atoms with van der Waals surface area (Å²) in [6.07, 6.45) is 0.298. The SMILES string of the molecule is O=S(C=Cc1ccoc1)Cc1ccc(C(F)(F)F)cc1. The van der Waals surface area contributed by atoms with Gasteiger partial charge in [-0.3, -0.25) is 4.21 Å². The first-order valence-corrected chi connectivity index (χ1v) is 7.07. The molecule has 0 saturated carbocycles. The van der Waals surface area contributed by atoms with E-state index in [1.165, 1.54) is 30.1 Å². The van der Waals surface area contributed by atoms with Crippen molar-refractivity contribution in [2.75, 3.05) is 0 Å². The van der Waals surface area contributed by atoms with Crippen LogP contribution in [0.25, 0.3) is 6.08 Å². The zero-order valence-corrected chi connectivity index (χ0v) is 11.1. The van der Waals surface area contributed by atoms with Gasteiger partial charge in [-0.25, -0.2) is 0 Å². The summed E-state index contributed by atoms with van der Waals surface area (Å²) >= 11 is 0. The first-order chi connectivity index (χ1) is 9.45. The van der Waals surface area contributed by atoms with Crippen molar-refractivity contribution in [2.45, 2.75) is 11.9 Å². The van der Waals surface area contributed by atoms with Gasteiger partial charge in [0.25, 0.3) is 0 Å². The molecule has 20 heavy (non-hydrogen) atoms. The summed E-state index contributed by atoms with van der Waals surface area (Å²) in [5.74, 6) is 0.173. The molecule has 0 aliphatic heterocycles. The van der Waals surface area contributed by atoms with Crippen molar-refractivity contribution in [1.82, 2.24) is 0 Å². The van der Waals surface area contributed by atoms with Gasteiger partial charge in [0.15, 0.2) is 0 Å². The molecule has 1 atom stereocenters. The third kappa shape index (κ3) is 4.09. The number of hydrogen-bond acceptors (Lipinski definition) is 2. The molecule has 2 aromatic rings. The second-order valence-corrected chi connectivity index (χ2v) is 5.40. The Kier molecular flexibility index (Phi) is 4.44. The van der Waals surface area contributed by atoms with E-state index in [0.29, 0.717) is 5.56 Å². The van der Waals surface area contributed by atoms with E-state index in [4.69, 9.17) is 4.42 Å². The van der Waals surface area contributed by atoms with Crippen molar-refractivity contribution in [3.8, 4) is 0 Å². The lowest BCUT2D eigenvalue weighted by Gasteiger charge is -2.06. The molecule has 2 rings (SSSR count). The summed E-state index contributed by atoms with van der Waals surface area (Å²) in [6, 6.07) is 6.38. The molecular formula is C14H11F3O2S. The summed E-state index contributed by atoms with van der Waals surface area (Å²) in [6.45, 7) is 0. The predicted octanol–water partition coefficient (Wildman–Crippen LogP) is 4.22. The Labute approximate surface area is 116 Å². The molecule has 0 fully saturated rings. The van der Waals surface area contributed by atoms with Crippen molar-refractivity contribution in [3.63, 3.8) is 0 Å². The van der Waals surface area contributed by atoms with Crippen LogP contribution in [-0.2, 0) is 22.7 Å². The normalized spacial score (nSPS) is 13.8. The lowest BCUT2D eigenvalue weighted by atomic mass is 10.1. The number of hydrogen-bond donors (Lipinski definition) is 0. The highest BCUT2D eigenvalue weighted by atomic mass is 32.2. The molecule has 6 heteroatoms. The highest BCUT2D eigenvalue weighted by molar-refractivity contribution is 7.87. The van der Waals surface area contributed by atoms with Crippen LogP contribution >= 0.6 is 0 Å². The van der Waals surface area contributed by atoms with Crippen LogP contribution in [0.5, 0.6) is 0 Å². The van der Waals surface area contributed by atoms with E-state index in [-0.39, 0.29) is 5.75 Å². The fourth-order valence-corrected chi connectivity index (χ4v) is 2.45. The van der Waals surface area contributed by atoms with Crippen molar-refractivity contribution in [2.24, 2.45) is 0 Å². The number of benzene rings is 1. The van der Waals surface area contributed by atoms with Gasteiger partial charge in [-0.1, -0.05) is 12.1 Å². The number of furan rings is 1. The van der Waals surface area contributed by atoms with E-state index < -0.39 is 22.5 Å². The van der Waals surface area contributed by atoms with E-state index >= 15 is 0 Å². The van der Waals surface area contributed by atoms with Crippen LogP contribution in [0, 0.1) is 0 Å². The molecule has 0 amide bonds. The highest BCUT2D eigenvalue weighted by Crippen LogP contribution is 2.29.